The maximum absolute atomic E-state index is 13.6. The molecule has 1 saturated heterocycles. The van der Waals surface area contributed by atoms with E-state index in [1.54, 1.807) is 6.07 Å². The minimum atomic E-state index is -0.783. The summed E-state index contributed by atoms with van der Waals surface area (Å²) >= 11 is 0. The van der Waals surface area contributed by atoms with Crippen molar-refractivity contribution in [1.29, 1.82) is 0 Å². The molecule has 7 heteroatoms. The lowest BCUT2D eigenvalue weighted by atomic mass is 10.2. The summed E-state index contributed by atoms with van der Waals surface area (Å²) < 4.78 is 13.6. The molecule has 1 aromatic carbocycles. The second-order valence-corrected chi connectivity index (χ2v) is 5.24. The molecule has 1 heterocycles. The van der Waals surface area contributed by atoms with Crippen LogP contribution in [0, 0.1) is 15.9 Å². The van der Waals surface area contributed by atoms with Crippen LogP contribution in [0.25, 0.3) is 0 Å². The van der Waals surface area contributed by atoms with Crippen LogP contribution in [0.3, 0.4) is 0 Å². The van der Waals surface area contributed by atoms with Gasteiger partial charge in [-0.1, -0.05) is 6.07 Å². The van der Waals surface area contributed by atoms with Crippen molar-refractivity contribution in [2.45, 2.75) is 13.0 Å². The van der Waals surface area contributed by atoms with Gasteiger partial charge in [-0.3, -0.25) is 19.9 Å². The van der Waals surface area contributed by atoms with Crippen molar-refractivity contribution in [2.75, 3.05) is 39.3 Å². The van der Waals surface area contributed by atoms with Gasteiger partial charge in [-0.2, -0.15) is 4.39 Å². The van der Waals surface area contributed by atoms with Gasteiger partial charge in [0.2, 0.25) is 5.82 Å². The Hall–Kier alpha value is -1.57. The first-order valence-electron chi connectivity index (χ1n) is 7.08. The van der Waals surface area contributed by atoms with Gasteiger partial charge in [0.05, 0.1) is 11.5 Å². The Morgan fingerprint density at radius 1 is 1.24 bits per heavy atom. The van der Waals surface area contributed by atoms with Gasteiger partial charge < -0.3 is 5.11 Å². The molecule has 1 aliphatic rings. The third kappa shape index (κ3) is 4.45. The van der Waals surface area contributed by atoms with Crippen LogP contribution in [0.1, 0.15) is 12.0 Å². The number of hydrogen-bond acceptors (Lipinski definition) is 5. The van der Waals surface area contributed by atoms with E-state index in [9.17, 15) is 14.5 Å². The Bertz CT molecular complexity index is 498. The summed E-state index contributed by atoms with van der Waals surface area (Å²) in [5.74, 6) is -0.783. The molecule has 0 saturated carbocycles. The number of nitrogens with zero attached hydrogens (tertiary/aromatic N) is 3. The van der Waals surface area contributed by atoms with E-state index >= 15 is 0 Å². The maximum atomic E-state index is 13.6. The van der Waals surface area contributed by atoms with Crippen LogP contribution in [-0.2, 0) is 6.54 Å². The number of hydrogen-bond donors (Lipinski definition) is 1. The van der Waals surface area contributed by atoms with Gasteiger partial charge in [0.1, 0.15) is 0 Å². The molecule has 116 valence electrons. The van der Waals surface area contributed by atoms with E-state index in [0.29, 0.717) is 13.1 Å². The highest BCUT2D eigenvalue weighted by atomic mass is 19.1. The summed E-state index contributed by atoms with van der Waals surface area (Å²) in [6, 6.07) is 4.08. The Labute approximate surface area is 122 Å². The topological polar surface area (TPSA) is 69.9 Å². The summed E-state index contributed by atoms with van der Waals surface area (Å²) in [7, 11) is 0. The number of benzene rings is 1. The van der Waals surface area contributed by atoms with Gasteiger partial charge in [-0.15, -0.1) is 0 Å². The van der Waals surface area contributed by atoms with Crippen molar-refractivity contribution < 1.29 is 14.4 Å². The fourth-order valence-corrected chi connectivity index (χ4v) is 2.60. The Kier molecular flexibility index (Phi) is 5.60. The van der Waals surface area contributed by atoms with Crippen LogP contribution in [-0.4, -0.2) is 59.2 Å². The molecule has 21 heavy (non-hydrogen) atoms. The molecule has 0 atom stereocenters. The maximum Gasteiger partial charge on any atom is 0.304 e. The normalized spacial score (nSPS) is 17.6. The van der Waals surface area contributed by atoms with E-state index < -0.39 is 16.4 Å². The van der Waals surface area contributed by atoms with Crippen molar-refractivity contribution in [1.82, 2.24) is 9.80 Å². The summed E-state index contributed by atoms with van der Waals surface area (Å²) in [4.78, 5) is 14.3. The van der Waals surface area contributed by atoms with Crippen LogP contribution in [0.5, 0.6) is 0 Å². The molecular weight excluding hydrogens is 277 g/mol. The smallest absolute Gasteiger partial charge is 0.304 e. The SMILES string of the molecule is O=[N+]([O-])c1ccc(CN2CCCN(CCO)CC2)cc1F. The molecule has 1 fully saturated rings. The molecule has 1 N–H and O–H groups in total. The summed E-state index contributed by atoms with van der Waals surface area (Å²) in [6.45, 7) is 5.00. The molecule has 0 amide bonds. The second kappa shape index (κ2) is 7.44. The molecule has 1 aliphatic heterocycles. The molecular formula is C14H20FN3O3. The van der Waals surface area contributed by atoms with E-state index in [2.05, 4.69) is 9.80 Å². The third-order valence-corrected chi connectivity index (χ3v) is 3.71. The molecule has 6 nitrogen and oxygen atoms in total. The summed E-state index contributed by atoms with van der Waals surface area (Å²) in [6.07, 6.45) is 0.995. The monoisotopic (exact) mass is 297 g/mol. The van der Waals surface area contributed by atoms with Crippen molar-refractivity contribution in [3.63, 3.8) is 0 Å². The summed E-state index contributed by atoms with van der Waals surface area (Å²) in [5.41, 5.74) is 0.262. The van der Waals surface area contributed by atoms with Gasteiger partial charge in [0.15, 0.2) is 0 Å². The van der Waals surface area contributed by atoms with Crippen LogP contribution in [0.2, 0.25) is 0 Å². The number of rotatable bonds is 5. The average Bonchev–Trinajstić information content (AvgIpc) is 2.65. The lowest BCUT2D eigenvalue weighted by Gasteiger charge is -2.21. The van der Waals surface area contributed by atoms with E-state index in [1.165, 1.54) is 12.1 Å². The molecule has 0 bridgehead atoms. The highest BCUT2D eigenvalue weighted by molar-refractivity contribution is 5.34. The first kappa shape index (κ1) is 15.8. The van der Waals surface area contributed by atoms with Crippen molar-refractivity contribution in [3.8, 4) is 0 Å². The highest BCUT2D eigenvalue weighted by Crippen LogP contribution is 2.19. The predicted molar refractivity (Wildman–Crippen MR) is 76.5 cm³/mol. The second-order valence-electron chi connectivity index (χ2n) is 5.24. The highest BCUT2D eigenvalue weighted by Gasteiger charge is 2.17. The Morgan fingerprint density at radius 3 is 2.62 bits per heavy atom. The van der Waals surface area contributed by atoms with Gasteiger partial charge in [-0.25, -0.2) is 0 Å². The van der Waals surface area contributed by atoms with Crippen LogP contribution < -0.4 is 0 Å². The molecule has 0 unspecified atom stereocenters. The molecule has 0 aliphatic carbocycles. The van der Waals surface area contributed by atoms with Gasteiger partial charge in [0.25, 0.3) is 0 Å². The minimum Gasteiger partial charge on any atom is -0.395 e. The van der Waals surface area contributed by atoms with E-state index in [4.69, 9.17) is 5.11 Å². The van der Waals surface area contributed by atoms with Crippen LogP contribution in [0.4, 0.5) is 10.1 Å². The molecule has 0 aromatic heterocycles. The van der Waals surface area contributed by atoms with E-state index in [1.807, 2.05) is 0 Å². The number of aliphatic hydroxyl groups is 1. The fourth-order valence-electron chi connectivity index (χ4n) is 2.60. The lowest BCUT2D eigenvalue weighted by molar-refractivity contribution is -0.387. The number of aliphatic hydroxyl groups excluding tert-OH is 1. The quantitative estimate of drug-likeness (QED) is 0.654. The Morgan fingerprint density at radius 2 is 1.95 bits per heavy atom. The molecule has 2 rings (SSSR count). The van der Waals surface area contributed by atoms with Crippen molar-refractivity contribution >= 4 is 5.69 Å². The molecule has 0 spiro atoms. The zero-order valence-corrected chi connectivity index (χ0v) is 11.9. The largest absolute Gasteiger partial charge is 0.395 e. The minimum absolute atomic E-state index is 0.160. The lowest BCUT2D eigenvalue weighted by Crippen LogP contribution is -2.32. The number of β-amino-alcohol motifs (C(OH)–C–C–N with tert-alkyl or cyclic N) is 1. The Balaban J connectivity index is 1.95. The zero-order chi connectivity index (χ0) is 15.2. The predicted octanol–water partition coefficient (Wildman–Crippen LogP) is 1.23. The first-order valence-corrected chi connectivity index (χ1v) is 7.08. The fraction of sp³-hybridized carbons (Fsp3) is 0.571. The van der Waals surface area contributed by atoms with Crippen LogP contribution >= 0.6 is 0 Å². The van der Waals surface area contributed by atoms with Gasteiger partial charge in [-0.05, 0) is 31.1 Å². The summed E-state index contributed by atoms with van der Waals surface area (Å²) in [5, 5.41) is 19.6. The van der Waals surface area contributed by atoms with Crippen molar-refractivity contribution in [3.05, 3.63) is 39.7 Å². The number of halogens is 1. The third-order valence-electron chi connectivity index (χ3n) is 3.71. The first-order chi connectivity index (χ1) is 10.1. The molecule has 0 radical (unpaired) electrons. The van der Waals surface area contributed by atoms with Crippen molar-refractivity contribution in [2.24, 2.45) is 0 Å². The van der Waals surface area contributed by atoms with Gasteiger partial charge in [0, 0.05) is 32.2 Å². The average molecular weight is 297 g/mol. The van der Waals surface area contributed by atoms with Crippen LogP contribution in [0.15, 0.2) is 18.2 Å². The standard InChI is InChI=1S/C14H20FN3O3/c15-13-10-12(2-3-14(13)18(20)21)11-17-5-1-4-16(6-7-17)8-9-19/h2-3,10,19H,1,4-9,11H2. The number of nitro benzene ring substituents is 1. The van der Waals surface area contributed by atoms with E-state index in [-0.39, 0.29) is 6.61 Å². The van der Waals surface area contributed by atoms with E-state index in [0.717, 1.165) is 38.2 Å². The zero-order valence-electron chi connectivity index (χ0n) is 11.9. The molecule has 1 aromatic rings. The number of nitro groups is 1. The van der Waals surface area contributed by atoms with Gasteiger partial charge >= 0.3 is 5.69 Å².